The molecule has 6 rings (SSSR count). The van der Waals surface area contributed by atoms with Gasteiger partial charge in [0.05, 0.1) is 26.0 Å². The zero-order valence-electron chi connectivity index (χ0n) is 34.3. The predicted molar refractivity (Wildman–Crippen MR) is 240 cm³/mol. The minimum absolute atomic E-state index is 0.0260. The summed E-state index contributed by atoms with van der Waals surface area (Å²) in [5.74, 6) is -1.64. The number of nitrogens with zero attached hydrogens (tertiary/aromatic N) is 2. The number of aliphatic carboxylic acids is 1. The highest BCUT2D eigenvalue weighted by Crippen LogP contribution is 2.54. The second kappa shape index (κ2) is 17.1. The maximum atomic E-state index is 12.7. The van der Waals surface area contributed by atoms with Gasteiger partial charge in [0.1, 0.15) is 24.8 Å². The van der Waals surface area contributed by atoms with Crippen molar-refractivity contribution in [3.05, 3.63) is 71.5 Å². The zero-order valence-corrected chi connectivity index (χ0v) is 40.0. The fraction of sp³-hybridized carbons (Fsp3) is 0.368. The van der Waals surface area contributed by atoms with E-state index in [2.05, 4.69) is 0 Å². The Morgan fingerprint density at radius 3 is 1.80 bits per heavy atom. The lowest BCUT2D eigenvalue weighted by Crippen LogP contribution is -2.28. The minimum atomic E-state index is -4.96. The van der Waals surface area contributed by atoms with E-state index in [1.165, 1.54) is 12.1 Å². The van der Waals surface area contributed by atoms with Crippen LogP contribution < -0.4 is 4.90 Å². The summed E-state index contributed by atoms with van der Waals surface area (Å²) in [5.41, 5.74) is 0.329. The van der Waals surface area contributed by atoms with Gasteiger partial charge in [-0.25, -0.2) is 0 Å². The maximum Gasteiger partial charge on any atom is 0.304 e. The molecule has 0 bridgehead atoms. The monoisotopic (exact) mass is 1020 g/mol. The van der Waals surface area contributed by atoms with E-state index < -0.39 is 91.4 Å². The quantitative estimate of drug-likeness (QED) is 0.0297. The molecule has 0 unspecified atom stereocenters. The van der Waals surface area contributed by atoms with Crippen molar-refractivity contribution in [1.82, 2.24) is 0 Å². The SMILES string of the molecule is CC1(C)C(/C=C/C=C/C=C2/N(CCCCCC(=O)O)c3cc(S(=O)(=O)O)c4sc(S(=O)(=O)O)cc4c3C2(C)C)=[N+](CCCS(=O)(=O)O)c2c1cc(S(=O)(=O)O)c1sc(S(=O)(=O)O)cc21. The Labute approximate surface area is 377 Å². The van der Waals surface area contributed by atoms with E-state index >= 15 is 0 Å². The van der Waals surface area contributed by atoms with Gasteiger partial charge in [-0.05, 0) is 62.6 Å². The third-order valence-electron chi connectivity index (χ3n) is 11.0. The van der Waals surface area contributed by atoms with Crippen LogP contribution in [0.15, 0.2) is 78.6 Å². The van der Waals surface area contributed by atoms with E-state index in [-0.39, 0.29) is 51.8 Å². The Bertz CT molecular complexity index is 3340. The third kappa shape index (κ3) is 9.78. The Morgan fingerprint density at radius 2 is 1.25 bits per heavy atom. The van der Waals surface area contributed by atoms with Gasteiger partial charge in [-0.1, -0.05) is 38.5 Å². The fourth-order valence-electron chi connectivity index (χ4n) is 8.30. The Balaban J connectivity index is 1.48. The number of thiophene rings is 2. The molecule has 4 aromatic rings. The number of hydrogen-bond acceptors (Lipinski definition) is 14. The van der Waals surface area contributed by atoms with Gasteiger partial charge in [0.2, 0.25) is 5.69 Å². The zero-order chi connectivity index (χ0) is 47.7. The molecule has 6 N–H and O–H groups in total. The largest absolute Gasteiger partial charge is 0.481 e. The molecule has 0 saturated carbocycles. The van der Waals surface area contributed by atoms with E-state index in [1.54, 1.807) is 67.6 Å². The van der Waals surface area contributed by atoms with Crippen molar-refractivity contribution in [1.29, 1.82) is 0 Å². The highest BCUT2D eigenvalue weighted by molar-refractivity contribution is 7.89. The average molecular weight is 1020 g/mol. The van der Waals surface area contributed by atoms with Crippen LogP contribution in [0.5, 0.6) is 0 Å². The van der Waals surface area contributed by atoms with Gasteiger partial charge < -0.3 is 10.0 Å². The number of rotatable bonds is 17. The molecule has 2 aromatic heterocycles. The molecule has 26 heteroatoms. The van der Waals surface area contributed by atoms with Crippen molar-refractivity contribution in [3.8, 4) is 0 Å². The van der Waals surface area contributed by atoms with Crippen LogP contribution >= 0.6 is 22.7 Å². The second-order valence-electron chi connectivity index (χ2n) is 16.1. The minimum Gasteiger partial charge on any atom is -0.481 e. The molecule has 2 aromatic carbocycles. The van der Waals surface area contributed by atoms with Crippen LogP contribution in [0.25, 0.3) is 20.2 Å². The van der Waals surface area contributed by atoms with Crippen molar-refractivity contribution >= 4 is 116 Å². The van der Waals surface area contributed by atoms with Gasteiger partial charge in [0.15, 0.2) is 5.71 Å². The molecule has 0 fully saturated rings. The Kier molecular flexibility index (Phi) is 13.2. The topological polar surface area (TPSA) is 315 Å². The lowest BCUT2D eigenvalue weighted by atomic mass is 9.81. The van der Waals surface area contributed by atoms with Gasteiger partial charge in [0, 0.05) is 53.2 Å². The van der Waals surface area contributed by atoms with Crippen LogP contribution in [-0.2, 0) is 66.2 Å². The van der Waals surface area contributed by atoms with Crippen LogP contribution in [0.4, 0.5) is 11.4 Å². The first kappa shape index (κ1) is 49.5. The van der Waals surface area contributed by atoms with E-state index in [0.29, 0.717) is 70.2 Å². The number of carbonyl (C=O) groups is 1. The number of anilines is 1. The van der Waals surface area contributed by atoms with Gasteiger partial charge in [-0.3, -0.25) is 27.6 Å². The Hall–Kier alpha value is -3.93. The molecule has 0 amide bonds. The summed E-state index contributed by atoms with van der Waals surface area (Å²) in [4.78, 5) is 11.8. The third-order valence-corrected chi connectivity index (χ3v) is 18.8. The predicted octanol–water partition coefficient (Wildman–Crippen LogP) is 6.20. The van der Waals surface area contributed by atoms with Gasteiger partial charge in [-0.2, -0.15) is 46.7 Å². The van der Waals surface area contributed by atoms with Crippen molar-refractivity contribution in [2.24, 2.45) is 0 Å². The van der Waals surface area contributed by atoms with Crippen LogP contribution in [0.2, 0.25) is 0 Å². The summed E-state index contributed by atoms with van der Waals surface area (Å²) >= 11 is 0.883. The van der Waals surface area contributed by atoms with Crippen molar-refractivity contribution in [2.75, 3.05) is 23.7 Å². The smallest absolute Gasteiger partial charge is 0.304 e. The summed E-state index contributed by atoms with van der Waals surface area (Å²) in [7, 11) is -24.0. The summed E-state index contributed by atoms with van der Waals surface area (Å²) in [6.07, 6.45) is 9.24. The van der Waals surface area contributed by atoms with E-state index in [1.807, 2.05) is 0 Å². The number of fused-ring (bicyclic) bond motifs is 6. The number of hydrogen-bond donors (Lipinski definition) is 6. The molecule has 0 aliphatic carbocycles. The molecule has 0 radical (unpaired) electrons. The molecule has 19 nitrogen and oxygen atoms in total. The standard InChI is InChI=1S/C38H42N2O17S7/c1-37(2)24-20-26(61(46,47)48)36-23(19-32(59-36)64(55,56)57)34(24)40(16-11-17-60(43,44)45)28(37)12-7-5-8-13-29-38(3,4)33-22-18-31(63(52,53)54)58-35(22)27(62(49,50)51)21-25(33)39(29)15-10-6-9-14-30(41)42/h5,7-8,12-13,18-21H,6,9-11,14-17H2,1-4H3,(H5-,41,42,43,44,45,46,47,48,49,50,51,52,53,54,55,56,57)/p+1. The first-order valence-corrected chi connectivity index (χ1v) is 28.0. The number of carboxylic acid groups (broad SMARTS) is 1. The number of benzene rings is 2. The van der Waals surface area contributed by atoms with Gasteiger partial charge in [-0.15, -0.1) is 22.7 Å². The number of carboxylic acids is 1. The summed E-state index contributed by atoms with van der Waals surface area (Å²) in [6, 6.07) is 4.61. The van der Waals surface area contributed by atoms with Gasteiger partial charge >= 0.3 is 26.2 Å². The molecule has 2 aliphatic heterocycles. The van der Waals surface area contributed by atoms with Crippen molar-refractivity contribution in [3.63, 3.8) is 0 Å². The lowest BCUT2D eigenvalue weighted by Gasteiger charge is -2.27. The summed E-state index contributed by atoms with van der Waals surface area (Å²) in [6.45, 7) is 7.19. The first-order valence-electron chi connectivity index (χ1n) is 19.0. The fourth-order valence-corrected chi connectivity index (χ4v) is 14.4. The molecule has 348 valence electrons. The Morgan fingerprint density at radius 1 is 0.688 bits per heavy atom. The van der Waals surface area contributed by atoms with Crippen molar-refractivity contribution < 1.29 is 79.3 Å². The lowest BCUT2D eigenvalue weighted by molar-refractivity contribution is -0.435. The van der Waals surface area contributed by atoms with Crippen LogP contribution in [0.3, 0.4) is 0 Å². The van der Waals surface area contributed by atoms with Gasteiger partial charge in [0.25, 0.3) is 30.4 Å². The summed E-state index contributed by atoms with van der Waals surface area (Å²) < 4.78 is 173. The normalized spacial score (nSPS) is 17.5. The molecule has 0 spiro atoms. The van der Waals surface area contributed by atoms with E-state index in [9.17, 15) is 69.6 Å². The van der Waals surface area contributed by atoms with E-state index in [0.717, 1.165) is 12.1 Å². The molecular weight excluding hydrogens is 981 g/mol. The first-order chi connectivity index (χ1) is 29.3. The average Bonchev–Trinajstić information content (AvgIpc) is 3.87. The van der Waals surface area contributed by atoms with Crippen molar-refractivity contribution in [2.45, 2.75) is 88.8 Å². The summed E-state index contributed by atoms with van der Waals surface area (Å²) in [5, 5.41) is 9.32. The maximum absolute atomic E-state index is 12.7. The molecule has 64 heavy (non-hydrogen) atoms. The van der Waals surface area contributed by atoms with Crippen LogP contribution in [0.1, 0.15) is 70.9 Å². The molecule has 2 aliphatic rings. The molecule has 0 saturated heterocycles. The molecular formula is C38H43N2O17S7+. The van der Waals surface area contributed by atoms with Crippen LogP contribution in [-0.4, -0.2) is 105 Å². The van der Waals surface area contributed by atoms with Crippen LogP contribution in [0, 0.1) is 0 Å². The highest BCUT2D eigenvalue weighted by atomic mass is 32.3. The second-order valence-corrected chi connectivity index (χ2v) is 25.9. The number of allylic oxidation sites excluding steroid dienone is 6. The highest BCUT2D eigenvalue weighted by Gasteiger charge is 2.48. The van der Waals surface area contributed by atoms with E-state index in [4.69, 9.17) is 5.11 Å². The molecule has 0 atom stereocenters. The molecule has 4 heterocycles. The number of unbranched alkanes of at least 4 members (excludes halogenated alkanes) is 2.